The number of hydrogen-bond donors (Lipinski definition) is 4. The Morgan fingerprint density at radius 3 is 3.00 bits per heavy atom. The van der Waals surface area contributed by atoms with Gasteiger partial charge in [0.1, 0.15) is 11.8 Å². The number of carbonyl (C=O) groups is 1. The van der Waals surface area contributed by atoms with Crippen molar-refractivity contribution >= 4 is 5.91 Å². The number of hydrazine groups is 1. The molecule has 1 amide bonds. The summed E-state index contributed by atoms with van der Waals surface area (Å²) >= 11 is 0. The second kappa shape index (κ2) is 7.27. The predicted octanol–water partition coefficient (Wildman–Crippen LogP) is 0.220. The Morgan fingerprint density at radius 2 is 2.22 bits per heavy atom. The maximum atomic E-state index is 12.4. The molecule has 2 aliphatic rings. The first-order valence-electron chi connectivity index (χ1n) is 7.89. The van der Waals surface area contributed by atoms with E-state index >= 15 is 0 Å². The van der Waals surface area contributed by atoms with Gasteiger partial charge in [0.05, 0.1) is 24.8 Å². The van der Waals surface area contributed by atoms with Crippen molar-refractivity contribution in [3.63, 3.8) is 0 Å². The van der Waals surface area contributed by atoms with Gasteiger partial charge in [0, 0.05) is 19.3 Å². The molecule has 4 N–H and O–H groups in total. The summed E-state index contributed by atoms with van der Waals surface area (Å²) in [4.78, 5) is 12.4. The number of aromatic hydroxyl groups is 1. The van der Waals surface area contributed by atoms with Gasteiger partial charge in [-0.3, -0.25) is 4.79 Å². The third-order valence-corrected chi connectivity index (χ3v) is 4.46. The molecule has 2 saturated heterocycles. The molecule has 7 heteroatoms. The van der Waals surface area contributed by atoms with Crippen molar-refractivity contribution < 1.29 is 19.4 Å². The number of hydrogen-bond acceptors (Lipinski definition) is 6. The summed E-state index contributed by atoms with van der Waals surface area (Å²) in [7, 11) is 1.65. The van der Waals surface area contributed by atoms with E-state index in [9.17, 15) is 9.90 Å². The molecule has 1 aromatic carbocycles. The Balaban J connectivity index is 1.58. The fourth-order valence-corrected chi connectivity index (χ4v) is 3.13. The van der Waals surface area contributed by atoms with Gasteiger partial charge >= 0.3 is 0 Å². The molecule has 0 aliphatic carbocycles. The molecular formula is C16H23N3O4. The van der Waals surface area contributed by atoms with Gasteiger partial charge in [0.25, 0.3) is 0 Å². The van der Waals surface area contributed by atoms with Crippen molar-refractivity contribution in [3.8, 4) is 5.75 Å². The van der Waals surface area contributed by atoms with Gasteiger partial charge in [-0.2, -0.15) is 0 Å². The zero-order valence-electron chi connectivity index (χ0n) is 13.1. The molecule has 3 rings (SSSR count). The van der Waals surface area contributed by atoms with E-state index in [0.29, 0.717) is 19.6 Å². The van der Waals surface area contributed by atoms with Gasteiger partial charge in [0.15, 0.2) is 0 Å². The topological polar surface area (TPSA) is 91.9 Å². The number of carbonyl (C=O) groups excluding carboxylic acids is 1. The van der Waals surface area contributed by atoms with Crippen LogP contribution in [-0.2, 0) is 14.3 Å². The first kappa shape index (κ1) is 16.2. The lowest BCUT2D eigenvalue weighted by Crippen LogP contribution is -2.54. The predicted molar refractivity (Wildman–Crippen MR) is 83.7 cm³/mol. The number of rotatable bonds is 4. The number of para-hydroxylation sites is 1. The first-order chi connectivity index (χ1) is 11.2. The van der Waals surface area contributed by atoms with Crippen molar-refractivity contribution in [1.82, 2.24) is 16.2 Å². The normalized spacial score (nSPS) is 31.0. The first-order valence-corrected chi connectivity index (χ1v) is 7.89. The van der Waals surface area contributed by atoms with E-state index in [1.54, 1.807) is 19.2 Å². The summed E-state index contributed by atoms with van der Waals surface area (Å²) in [5, 5.41) is 12.9. The molecule has 23 heavy (non-hydrogen) atoms. The van der Waals surface area contributed by atoms with Crippen LogP contribution in [0.1, 0.15) is 24.4 Å². The van der Waals surface area contributed by atoms with Crippen molar-refractivity contribution in [2.45, 2.75) is 37.1 Å². The number of methoxy groups -OCH3 is 1. The minimum Gasteiger partial charge on any atom is -0.508 e. The molecule has 0 bridgehead atoms. The molecule has 7 nitrogen and oxygen atoms in total. The number of ether oxygens (including phenoxy) is 2. The highest BCUT2D eigenvalue weighted by Crippen LogP contribution is 2.29. The number of phenols is 1. The van der Waals surface area contributed by atoms with Crippen molar-refractivity contribution in [2.75, 3.05) is 20.3 Å². The van der Waals surface area contributed by atoms with E-state index in [1.807, 2.05) is 12.1 Å². The van der Waals surface area contributed by atoms with Crippen LogP contribution in [0.5, 0.6) is 5.75 Å². The molecule has 0 aromatic heterocycles. The lowest BCUT2D eigenvalue weighted by molar-refractivity contribution is -0.127. The van der Waals surface area contributed by atoms with Crippen LogP contribution in [0.2, 0.25) is 0 Å². The summed E-state index contributed by atoms with van der Waals surface area (Å²) < 4.78 is 10.8. The van der Waals surface area contributed by atoms with Gasteiger partial charge in [0.2, 0.25) is 5.91 Å². The molecular weight excluding hydrogens is 298 g/mol. The van der Waals surface area contributed by atoms with E-state index in [0.717, 1.165) is 12.0 Å². The average molecular weight is 321 g/mol. The van der Waals surface area contributed by atoms with E-state index in [1.165, 1.54) is 0 Å². The summed E-state index contributed by atoms with van der Waals surface area (Å²) in [6.45, 7) is 1.12. The van der Waals surface area contributed by atoms with E-state index in [-0.39, 0.29) is 35.9 Å². The van der Waals surface area contributed by atoms with Crippen LogP contribution in [0.4, 0.5) is 0 Å². The quantitative estimate of drug-likeness (QED) is 0.634. The number of phenolic OH excluding ortho intramolecular Hbond substituents is 1. The second-order valence-corrected chi connectivity index (χ2v) is 5.94. The highest BCUT2D eigenvalue weighted by atomic mass is 16.5. The van der Waals surface area contributed by atoms with Crippen LogP contribution in [0.3, 0.4) is 0 Å². The average Bonchev–Trinajstić information content (AvgIpc) is 3.05. The Morgan fingerprint density at radius 1 is 1.39 bits per heavy atom. The van der Waals surface area contributed by atoms with Crippen LogP contribution < -0.4 is 16.2 Å². The Labute approximate surface area is 135 Å². The molecule has 126 valence electrons. The van der Waals surface area contributed by atoms with Gasteiger partial charge in [-0.15, -0.1) is 0 Å². The van der Waals surface area contributed by atoms with Crippen LogP contribution in [0.15, 0.2) is 24.3 Å². The Bertz CT molecular complexity index is 554. The molecule has 0 radical (unpaired) electrons. The van der Waals surface area contributed by atoms with Crippen LogP contribution in [0.25, 0.3) is 0 Å². The number of benzene rings is 1. The molecule has 1 aromatic rings. The fourth-order valence-electron chi connectivity index (χ4n) is 3.13. The summed E-state index contributed by atoms with van der Waals surface area (Å²) in [6, 6.07) is 6.54. The molecule has 2 unspecified atom stereocenters. The highest BCUT2D eigenvalue weighted by Gasteiger charge is 2.34. The standard InChI is InChI=1S/C16H23N3O4/c1-22-15-6-7-23-9-13(15)17-16(21)12-8-11(18-19-12)10-4-2-3-5-14(10)20/h2-5,11-13,15,18-20H,6-9H2,1H3,(H,17,21)/t11?,12?,13-,15-/m1/s1. The molecule has 4 atom stereocenters. The zero-order valence-corrected chi connectivity index (χ0v) is 13.1. The third kappa shape index (κ3) is 3.64. The SMILES string of the molecule is CO[C@@H]1CCOC[C@H]1NC(=O)C1CC(c2ccccc2O)NN1. The maximum absolute atomic E-state index is 12.4. The minimum atomic E-state index is -0.362. The van der Waals surface area contributed by atoms with Gasteiger partial charge in [-0.25, -0.2) is 10.9 Å². The van der Waals surface area contributed by atoms with Gasteiger partial charge in [-0.1, -0.05) is 18.2 Å². The highest BCUT2D eigenvalue weighted by molar-refractivity contribution is 5.82. The lowest BCUT2D eigenvalue weighted by atomic mass is 10.00. The van der Waals surface area contributed by atoms with Crippen molar-refractivity contribution in [2.24, 2.45) is 0 Å². The Kier molecular flexibility index (Phi) is 5.12. The number of amides is 1. The second-order valence-electron chi connectivity index (χ2n) is 5.94. The maximum Gasteiger partial charge on any atom is 0.238 e. The summed E-state index contributed by atoms with van der Waals surface area (Å²) in [5.41, 5.74) is 6.86. The molecule has 0 spiro atoms. The summed E-state index contributed by atoms with van der Waals surface area (Å²) in [6.07, 6.45) is 1.32. The van der Waals surface area contributed by atoms with Crippen molar-refractivity contribution in [1.29, 1.82) is 0 Å². The zero-order chi connectivity index (χ0) is 16.2. The van der Waals surface area contributed by atoms with Crippen LogP contribution in [-0.4, -0.2) is 49.5 Å². The van der Waals surface area contributed by atoms with Crippen molar-refractivity contribution in [3.05, 3.63) is 29.8 Å². The van der Waals surface area contributed by atoms with E-state index in [2.05, 4.69) is 16.2 Å². The molecule has 2 heterocycles. The minimum absolute atomic E-state index is 0.0176. The molecule has 0 saturated carbocycles. The fraction of sp³-hybridized carbons (Fsp3) is 0.562. The largest absolute Gasteiger partial charge is 0.508 e. The third-order valence-electron chi connectivity index (χ3n) is 4.46. The lowest BCUT2D eigenvalue weighted by Gasteiger charge is -2.31. The Hall–Kier alpha value is -1.67. The summed E-state index contributed by atoms with van der Waals surface area (Å²) in [5.74, 6) is 0.140. The van der Waals surface area contributed by atoms with E-state index < -0.39 is 0 Å². The van der Waals surface area contributed by atoms with E-state index in [4.69, 9.17) is 9.47 Å². The van der Waals surface area contributed by atoms with Crippen LogP contribution >= 0.6 is 0 Å². The monoisotopic (exact) mass is 321 g/mol. The molecule has 2 fully saturated rings. The smallest absolute Gasteiger partial charge is 0.238 e. The van der Waals surface area contributed by atoms with Crippen LogP contribution in [0, 0.1) is 0 Å². The van der Waals surface area contributed by atoms with Gasteiger partial charge < -0.3 is 19.9 Å². The van der Waals surface area contributed by atoms with Gasteiger partial charge in [-0.05, 0) is 18.9 Å². The molecule has 2 aliphatic heterocycles. The number of nitrogens with one attached hydrogen (secondary N) is 3.